The van der Waals surface area contributed by atoms with Crippen molar-refractivity contribution in [2.75, 3.05) is 0 Å². The Balaban J connectivity index is 2.01. The molecular weight excluding hydrogens is 184 g/mol. The van der Waals surface area contributed by atoms with Gasteiger partial charge in [-0.3, -0.25) is 0 Å². The van der Waals surface area contributed by atoms with E-state index in [4.69, 9.17) is 0 Å². The molecule has 0 atom stereocenters. The lowest BCUT2D eigenvalue weighted by atomic mass is 10.2. The minimum absolute atomic E-state index is 0.707. The Kier molecular flexibility index (Phi) is 2.59. The maximum absolute atomic E-state index is 2.50. The largest absolute Gasteiger partial charge is 0.0803 e. The third-order valence-corrected chi connectivity index (χ3v) is 6.95. The molecular formula is C13H18Si. The zero-order valence-corrected chi connectivity index (χ0v) is 9.98. The van der Waals surface area contributed by atoms with Gasteiger partial charge in [0.1, 0.15) is 0 Å². The zero-order chi connectivity index (χ0) is 10.0. The summed E-state index contributed by atoms with van der Waals surface area (Å²) in [6, 6.07) is 1.37. The van der Waals surface area contributed by atoms with Crippen molar-refractivity contribution in [1.29, 1.82) is 0 Å². The quantitative estimate of drug-likeness (QED) is 0.608. The fourth-order valence-electron chi connectivity index (χ4n) is 2.31. The van der Waals surface area contributed by atoms with Crippen LogP contribution < -0.4 is 0 Å². The third-order valence-electron chi connectivity index (χ3n) is 3.24. The summed E-state index contributed by atoms with van der Waals surface area (Å²) < 4.78 is 0. The van der Waals surface area contributed by atoms with Gasteiger partial charge in [-0.05, 0) is 17.5 Å². The van der Waals surface area contributed by atoms with E-state index in [2.05, 4.69) is 61.7 Å². The van der Waals surface area contributed by atoms with Crippen LogP contribution in [-0.2, 0) is 0 Å². The highest BCUT2D eigenvalue weighted by molar-refractivity contribution is 6.79. The van der Waals surface area contributed by atoms with Gasteiger partial charge in [-0.2, -0.15) is 0 Å². The lowest BCUT2D eigenvalue weighted by Crippen LogP contribution is -2.31. The Morgan fingerprint density at radius 3 is 1.93 bits per heavy atom. The van der Waals surface area contributed by atoms with E-state index in [1.807, 2.05) is 0 Å². The van der Waals surface area contributed by atoms with Crippen LogP contribution in [0.15, 0.2) is 48.6 Å². The fraction of sp³-hybridized carbons (Fsp3) is 0.385. The maximum Gasteiger partial charge on any atom is 0.0597 e. The standard InChI is InChI=1S/C13H18Si/c1-14(2,13-9-5-6-10-13)11-12-7-3-4-8-12/h3-10,12-13H,11H2,1-2H3. The minimum atomic E-state index is -1.11. The minimum Gasteiger partial charge on any atom is -0.0803 e. The molecule has 0 heterocycles. The van der Waals surface area contributed by atoms with Gasteiger partial charge >= 0.3 is 0 Å². The van der Waals surface area contributed by atoms with Crippen molar-refractivity contribution in [3.8, 4) is 0 Å². The molecule has 0 spiro atoms. The van der Waals surface area contributed by atoms with Gasteiger partial charge in [0.25, 0.3) is 0 Å². The SMILES string of the molecule is C[Si](C)(CC1C=CC=C1)C1C=CC=C1. The molecule has 0 saturated heterocycles. The Morgan fingerprint density at radius 2 is 1.36 bits per heavy atom. The third kappa shape index (κ3) is 1.98. The molecule has 0 aromatic heterocycles. The second kappa shape index (κ2) is 3.74. The van der Waals surface area contributed by atoms with Gasteiger partial charge in [-0.25, -0.2) is 0 Å². The van der Waals surface area contributed by atoms with Crippen LogP contribution in [0.1, 0.15) is 0 Å². The number of allylic oxidation sites excluding steroid dienone is 8. The molecule has 2 rings (SSSR count). The number of hydrogen-bond acceptors (Lipinski definition) is 0. The van der Waals surface area contributed by atoms with Crippen molar-refractivity contribution in [2.45, 2.75) is 24.7 Å². The smallest absolute Gasteiger partial charge is 0.0597 e. The second-order valence-electron chi connectivity index (χ2n) is 4.92. The van der Waals surface area contributed by atoms with Crippen LogP contribution in [0, 0.1) is 5.92 Å². The summed E-state index contributed by atoms with van der Waals surface area (Å²) in [5, 5.41) is 0. The molecule has 0 aliphatic heterocycles. The van der Waals surface area contributed by atoms with E-state index in [1.54, 1.807) is 0 Å². The summed E-state index contributed by atoms with van der Waals surface area (Å²) in [6.45, 7) is 5.00. The highest BCUT2D eigenvalue weighted by Gasteiger charge is 2.31. The van der Waals surface area contributed by atoms with Crippen LogP contribution >= 0.6 is 0 Å². The van der Waals surface area contributed by atoms with E-state index in [0.717, 1.165) is 5.54 Å². The predicted molar refractivity (Wildman–Crippen MR) is 66.1 cm³/mol. The summed E-state index contributed by atoms with van der Waals surface area (Å²) in [7, 11) is -1.11. The number of hydrogen-bond donors (Lipinski definition) is 0. The molecule has 2 aliphatic carbocycles. The lowest BCUT2D eigenvalue weighted by molar-refractivity contribution is 0.912. The van der Waals surface area contributed by atoms with Crippen LogP contribution in [0.4, 0.5) is 0 Å². The molecule has 0 aromatic rings. The maximum atomic E-state index is 2.50. The Morgan fingerprint density at radius 1 is 0.857 bits per heavy atom. The summed E-state index contributed by atoms with van der Waals surface area (Å²) in [6.07, 6.45) is 18.1. The highest BCUT2D eigenvalue weighted by atomic mass is 28.3. The van der Waals surface area contributed by atoms with E-state index >= 15 is 0 Å². The molecule has 0 radical (unpaired) electrons. The van der Waals surface area contributed by atoms with Crippen molar-refractivity contribution in [1.82, 2.24) is 0 Å². The molecule has 14 heavy (non-hydrogen) atoms. The first-order valence-electron chi connectivity index (χ1n) is 5.38. The molecule has 0 bridgehead atoms. The van der Waals surface area contributed by atoms with Crippen LogP contribution in [-0.4, -0.2) is 8.07 Å². The average molecular weight is 202 g/mol. The van der Waals surface area contributed by atoms with Gasteiger partial charge in [-0.15, -0.1) is 0 Å². The van der Waals surface area contributed by atoms with Gasteiger partial charge in [0.2, 0.25) is 0 Å². The molecule has 0 saturated carbocycles. The molecule has 2 aliphatic rings. The topological polar surface area (TPSA) is 0 Å². The van der Waals surface area contributed by atoms with E-state index < -0.39 is 8.07 Å². The fourth-order valence-corrected chi connectivity index (χ4v) is 5.33. The first kappa shape index (κ1) is 9.72. The molecule has 74 valence electrons. The number of rotatable bonds is 3. The lowest BCUT2D eigenvalue weighted by Gasteiger charge is -2.29. The van der Waals surface area contributed by atoms with E-state index in [9.17, 15) is 0 Å². The zero-order valence-electron chi connectivity index (χ0n) is 8.98. The average Bonchev–Trinajstić information content (AvgIpc) is 2.71. The van der Waals surface area contributed by atoms with E-state index in [-0.39, 0.29) is 0 Å². The first-order chi connectivity index (χ1) is 6.68. The molecule has 0 amide bonds. The van der Waals surface area contributed by atoms with Crippen LogP contribution in [0.25, 0.3) is 0 Å². The Bertz CT molecular complexity index is 294. The van der Waals surface area contributed by atoms with Gasteiger partial charge < -0.3 is 0 Å². The highest BCUT2D eigenvalue weighted by Crippen LogP contribution is 2.35. The molecule has 0 aromatic carbocycles. The second-order valence-corrected chi connectivity index (χ2v) is 9.97. The molecule has 0 fully saturated rings. The van der Waals surface area contributed by atoms with Gasteiger partial charge in [-0.1, -0.05) is 61.7 Å². The van der Waals surface area contributed by atoms with Crippen LogP contribution in [0.5, 0.6) is 0 Å². The van der Waals surface area contributed by atoms with Gasteiger partial charge in [0.15, 0.2) is 0 Å². The molecule has 0 nitrogen and oxygen atoms in total. The molecule has 0 N–H and O–H groups in total. The van der Waals surface area contributed by atoms with Crippen LogP contribution in [0.2, 0.25) is 24.7 Å². The molecule has 1 heteroatoms. The normalized spacial score (nSPS) is 21.6. The van der Waals surface area contributed by atoms with Gasteiger partial charge in [0.05, 0.1) is 8.07 Å². The van der Waals surface area contributed by atoms with Crippen LogP contribution in [0.3, 0.4) is 0 Å². The predicted octanol–water partition coefficient (Wildman–Crippen LogP) is 3.93. The monoisotopic (exact) mass is 202 g/mol. The van der Waals surface area contributed by atoms with E-state index in [0.29, 0.717) is 5.92 Å². The summed E-state index contributed by atoms with van der Waals surface area (Å²) in [4.78, 5) is 0. The first-order valence-corrected chi connectivity index (χ1v) is 8.67. The summed E-state index contributed by atoms with van der Waals surface area (Å²) in [5.41, 5.74) is 0.755. The van der Waals surface area contributed by atoms with Crippen molar-refractivity contribution >= 4 is 8.07 Å². The van der Waals surface area contributed by atoms with Crippen molar-refractivity contribution in [3.05, 3.63) is 48.6 Å². The molecule has 0 unspecified atom stereocenters. The van der Waals surface area contributed by atoms with Gasteiger partial charge in [0, 0.05) is 0 Å². The Hall–Kier alpha value is -0.823. The summed E-state index contributed by atoms with van der Waals surface area (Å²) >= 11 is 0. The Labute approximate surface area is 87.7 Å². The van der Waals surface area contributed by atoms with Crippen molar-refractivity contribution < 1.29 is 0 Å². The van der Waals surface area contributed by atoms with Crippen molar-refractivity contribution in [3.63, 3.8) is 0 Å². The summed E-state index contributed by atoms with van der Waals surface area (Å²) in [5.74, 6) is 0.707. The van der Waals surface area contributed by atoms with E-state index in [1.165, 1.54) is 6.04 Å². The van der Waals surface area contributed by atoms with Crippen molar-refractivity contribution in [2.24, 2.45) is 5.92 Å².